The highest BCUT2D eigenvalue weighted by Gasteiger charge is 2.19. The average molecular weight is 655 g/mol. The third kappa shape index (κ3) is 4.67. The van der Waals surface area contributed by atoms with Crippen molar-refractivity contribution in [2.24, 2.45) is 0 Å². The average Bonchev–Trinajstić information content (AvgIpc) is 3.75. The number of fused-ring (bicyclic) bond motifs is 7. The van der Waals surface area contributed by atoms with E-state index in [1.165, 1.54) is 69.9 Å². The zero-order valence-electron chi connectivity index (χ0n) is 27.1. The fourth-order valence-electron chi connectivity index (χ4n) is 7.45. The van der Waals surface area contributed by atoms with Gasteiger partial charge in [-0.1, -0.05) is 146 Å². The Hall–Kier alpha value is -6.29. The minimum Gasteiger partial charge on any atom is -0.309 e. The molecule has 50 heavy (non-hydrogen) atoms. The molecule has 0 amide bonds. The van der Waals surface area contributed by atoms with Crippen molar-refractivity contribution in [2.75, 3.05) is 0 Å². The third-order valence-electron chi connectivity index (χ3n) is 9.81. The molecule has 0 bridgehead atoms. The topological polar surface area (TPSA) is 17.8 Å². The van der Waals surface area contributed by atoms with Crippen molar-refractivity contribution in [3.8, 4) is 50.5 Å². The van der Waals surface area contributed by atoms with Gasteiger partial charge < -0.3 is 4.57 Å². The summed E-state index contributed by atoms with van der Waals surface area (Å²) in [7, 11) is 0. The van der Waals surface area contributed by atoms with E-state index < -0.39 is 0 Å². The van der Waals surface area contributed by atoms with Crippen LogP contribution in [0, 0.1) is 0 Å². The number of thiophene rings is 1. The van der Waals surface area contributed by atoms with E-state index in [-0.39, 0.29) is 0 Å². The molecule has 0 atom stereocenters. The minimum absolute atomic E-state index is 0.965. The largest absolute Gasteiger partial charge is 0.309 e. The van der Waals surface area contributed by atoms with Gasteiger partial charge in [-0.05, 0) is 58.7 Å². The van der Waals surface area contributed by atoms with Crippen LogP contribution in [0.2, 0.25) is 0 Å². The molecular weight excluding hydrogens is 625 g/mol. The van der Waals surface area contributed by atoms with Crippen LogP contribution in [0.5, 0.6) is 0 Å². The molecule has 0 aliphatic carbocycles. The number of hydrogen-bond acceptors (Lipinski definition) is 2. The Labute approximate surface area is 294 Å². The minimum atomic E-state index is 0.965. The van der Waals surface area contributed by atoms with E-state index in [2.05, 4.69) is 187 Å². The SMILES string of the molecule is c1ccc(-c2ccc(-c3cc(-c4cccc5c4sc4c5ccc5c4c4ccccc4n5-c4ccccc4)cc(-c4ccccc4)n3)cc2)cc1. The molecule has 0 spiro atoms. The first-order valence-corrected chi connectivity index (χ1v) is 17.8. The number of para-hydroxylation sites is 2. The molecule has 3 aromatic heterocycles. The molecule has 0 aliphatic heterocycles. The Kier molecular flexibility index (Phi) is 6.71. The van der Waals surface area contributed by atoms with Crippen molar-refractivity contribution in [2.45, 2.75) is 0 Å². The van der Waals surface area contributed by atoms with Gasteiger partial charge in [0.1, 0.15) is 0 Å². The van der Waals surface area contributed by atoms with E-state index in [0.717, 1.165) is 22.5 Å². The van der Waals surface area contributed by atoms with Crippen molar-refractivity contribution in [1.82, 2.24) is 9.55 Å². The number of hydrogen-bond donors (Lipinski definition) is 0. The van der Waals surface area contributed by atoms with E-state index in [4.69, 9.17) is 4.98 Å². The maximum absolute atomic E-state index is 5.23. The monoisotopic (exact) mass is 654 g/mol. The molecular formula is C47H30N2S. The predicted molar refractivity (Wildman–Crippen MR) is 213 cm³/mol. The summed E-state index contributed by atoms with van der Waals surface area (Å²) < 4.78 is 5.02. The number of benzene rings is 7. The maximum atomic E-state index is 5.23. The van der Waals surface area contributed by atoms with E-state index in [0.29, 0.717) is 0 Å². The van der Waals surface area contributed by atoms with Crippen molar-refractivity contribution in [3.63, 3.8) is 0 Å². The summed E-state index contributed by atoms with van der Waals surface area (Å²) in [5.74, 6) is 0. The van der Waals surface area contributed by atoms with Gasteiger partial charge in [-0.25, -0.2) is 4.98 Å². The van der Waals surface area contributed by atoms with Crippen LogP contribution < -0.4 is 0 Å². The van der Waals surface area contributed by atoms with Gasteiger partial charge >= 0.3 is 0 Å². The van der Waals surface area contributed by atoms with Crippen LogP contribution in [0.3, 0.4) is 0 Å². The molecule has 234 valence electrons. The van der Waals surface area contributed by atoms with Crippen LogP contribution in [-0.4, -0.2) is 9.55 Å². The molecule has 0 N–H and O–H groups in total. The van der Waals surface area contributed by atoms with Crippen molar-refractivity contribution in [3.05, 3.63) is 182 Å². The van der Waals surface area contributed by atoms with Crippen LogP contribution in [0.1, 0.15) is 0 Å². The number of pyridine rings is 1. The molecule has 0 fully saturated rings. The van der Waals surface area contributed by atoms with Crippen LogP contribution in [0.15, 0.2) is 182 Å². The molecule has 0 unspecified atom stereocenters. The number of rotatable bonds is 5. The maximum Gasteiger partial charge on any atom is 0.0715 e. The molecule has 0 saturated carbocycles. The highest BCUT2D eigenvalue weighted by Crippen LogP contribution is 2.46. The lowest BCUT2D eigenvalue weighted by atomic mass is 9.97. The van der Waals surface area contributed by atoms with E-state index in [1.807, 2.05) is 11.3 Å². The zero-order valence-corrected chi connectivity index (χ0v) is 27.9. The smallest absolute Gasteiger partial charge is 0.0715 e. The molecule has 0 saturated heterocycles. The van der Waals surface area contributed by atoms with Crippen LogP contribution in [-0.2, 0) is 0 Å². The van der Waals surface area contributed by atoms with E-state index >= 15 is 0 Å². The Morgan fingerprint density at radius 3 is 1.68 bits per heavy atom. The Balaban J connectivity index is 1.19. The Morgan fingerprint density at radius 1 is 0.380 bits per heavy atom. The summed E-state index contributed by atoms with van der Waals surface area (Å²) >= 11 is 1.91. The summed E-state index contributed by atoms with van der Waals surface area (Å²) in [6, 6.07) is 65.3. The third-order valence-corrected chi connectivity index (χ3v) is 11.1. The second kappa shape index (κ2) is 11.7. The second-order valence-electron chi connectivity index (χ2n) is 12.7. The summed E-state index contributed by atoms with van der Waals surface area (Å²) in [5, 5.41) is 5.17. The summed E-state index contributed by atoms with van der Waals surface area (Å²) in [6.07, 6.45) is 0. The molecule has 7 aromatic carbocycles. The first-order chi connectivity index (χ1) is 24.8. The normalized spacial score (nSPS) is 11.6. The predicted octanol–water partition coefficient (Wildman–Crippen LogP) is 13.2. The van der Waals surface area contributed by atoms with Gasteiger partial charge in [0.2, 0.25) is 0 Å². The number of aromatic nitrogens is 2. The zero-order chi connectivity index (χ0) is 33.0. The van der Waals surface area contributed by atoms with Crippen LogP contribution in [0.4, 0.5) is 0 Å². The quantitative estimate of drug-likeness (QED) is 0.181. The van der Waals surface area contributed by atoms with Gasteiger partial charge in [0.15, 0.2) is 0 Å². The lowest BCUT2D eigenvalue weighted by Gasteiger charge is -2.12. The number of nitrogens with zero attached hydrogens (tertiary/aromatic N) is 2. The van der Waals surface area contributed by atoms with Crippen molar-refractivity contribution in [1.29, 1.82) is 0 Å². The molecule has 0 aliphatic rings. The Morgan fingerprint density at radius 2 is 0.940 bits per heavy atom. The second-order valence-corrected chi connectivity index (χ2v) is 13.8. The van der Waals surface area contributed by atoms with Crippen LogP contribution in [0.25, 0.3) is 92.4 Å². The molecule has 2 nitrogen and oxygen atoms in total. The molecule has 3 heteroatoms. The first kappa shape index (κ1) is 28.7. The summed E-state index contributed by atoms with van der Waals surface area (Å²) in [5.41, 5.74) is 12.6. The highest BCUT2D eigenvalue weighted by molar-refractivity contribution is 7.27. The fraction of sp³-hybridized carbons (Fsp3) is 0. The summed E-state index contributed by atoms with van der Waals surface area (Å²) in [6.45, 7) is 0. The standard InChI is InChI=1S/C47H30N2S/c1-4-13-31(14-5-1)32-23-25-34(26-24-32)42-30-35(29-41(48-42)33-15-6-2-7-16-33)37-20-12-21-38-39-27-28-44-45(47(39)50-46(37)38)40-19-10-11-22-43(40)49(44)36-17-8-3-9-18-36/h1-30H. The molecule has 0 radical (unpaired) electrons. The Bertz CT molecular complexity index is 2830. The molecule has 10 rings (SSSR count). The fourth-order valence-corrected chi connectivity index (χ4v) is 8.84. The van der Waals surface area contributed by atoms with Crippen molar-refractivity contribution >= 4 is 53.3 Å². The van der Waals surface area contributed by atoms with Gasteiger partial charge in [0, 0.05) is 47.8 Å². The van der Waals surface area contributed by atoms with Gasteiger partial charge in [-0.2, -0.15) is 0 Å². The lowest BCUT2D eigenvalue weighted by Crippen LogP contribution is -1.92. The summed E-state index contributed by atoms with van der Waals surface area (Å²) in [4.78, 5) is 5.23. The van der Waals surface area contributed by atoms with Crippen molar-refractivity contribution < 1.29 is 0 Å². The van der Waals surface area contributed by atoms with E-state index in [9.17, 15) is 0 Å². The molecule has 3 heterocycles. The van der Waals surface area contributed by atoms with Gasteiger partial charge in [-0.15, -0.1) is 11.3 Å². The van der Waals surface area contributed by atoms with Gasteiger partial charge in [0.05, 0.1) is 22.4 Å². The van der Waals surface area contributed by atoms with Gasteiger partial charge in [0.25, 0.3) is 0 Å². The lowest BCUT2D eigenvalue weighted by molar-refractivity contribution is 1.18. The highest BCUT2D eigenvalue weighted by atomic mass is 32.1. The first-order valence-electron chi connectivity index (χ1n) is 17.0. The van der Waals surface area contributed by atoms with Crippen LogP contribution >= 0.6 is 11.3 Å². The van der Waals surface area contributed by atoms with Gasteiger partial charge in [-0.3, -0.25) is 0 Å². The molecule has 10 aromatic rings. The van der Waals surface area contributed by atoms with E-state index in [1.54, 1.807) is 0 Å².